The van der Waals surface area contributed by atoms with Crippen LogP contribution in [-0.4, -0.2) is 30.1 Å². The number of carbonyl (C=O) groups excluding carboxylic acids is 1. The minimum atomic E-state index is -0.326. The highest BCUT2D eigenvalue weighted by molar-refractivity contribution is 6.30. The quantitative estimate of drug-likeness (QED) is 0.428. The van der Waals surface area contributed by atoms with Crippen LogP contribution in [-0.2, 0) is 0 Å². The van der Waals surface area contributed by atoms with Gasteiger partial charge in [-0.15, -0.1) is 0 Å². The van der Waals surface area contributed by atoms with Crippen LogP contribution in [0.2, 0.25) is 5.02 Å². The van der Waals surface area contributed by atoms with E-state index >= 15 is 0 Å². The van der Waals surface area contributed by atoms with E-state index in [0.717, 1.165) is 0 Å². The minimum Gasteiger partial charge on any atom is -0.497 e. The van der Waals surface area contributed by atoms with Crippen molar-refractivity contribution in [3.05, 3.63) is 77.3 Å². The molecule has 0 bridgehead atoms. The molecular formula is C23H19ClN4O3. The number of ether oxygens (including phenoxy) is 2. The van der Waals surface area contributed by atoms with Gasteiger partial charge >= 0.3 is 0 Å². The second-order valence-corrected chi connectivity index (χ2v) is 7.03. The molecule has 0 saturated heterocycles. The number of anilines is 3. The number of amides is 1. The number of nitrogens with one attached hydrogen (secondary N) is 2. The highest BCUT2D eigenvalue weighted by Gasteiger charge is 2.15. The Morgan fingerprint density at radius 3 is 2.00 bits per heavy atom. The normalized spacial score (nSPS) is 10.5. The Morgan fingerprint density at radius 1 is 0.839 bits per heavy atom. The third-order valence-corrected chi connectivity index (χ3v) is 4.78. The van der Waals surface area contributed by atoms with Crippen molar-refractivity contribution in [3.8, 4) is 11.5 Å². The minimum absolute atomic E-state index is 0.292. The molecule has 0 fully saturated rings. The van der Waals surface area contributed by atoms with Gasteiger partial charge in [0.25, 0.3) is 5.91 Å². The first-order valence-electron chi connectivity index (χ1n) is 9.39. The number of rotatable bonds is 6. The number of fused-ring (bicyclic) bond motifs is 1. The maximum atomic E-state index is 12.8. The average Bonchev–Trinajstić information content (AvgIpc) is 2.79. The summed E-state index contributed by atoms with van der Waals surface area (Å²) in [5.41, 5.74) is 2.46. The molecule has 0 aliphatic heterocycles. The van der Waals surface area contributed by atoms with E-state index in [1.807, 2.05) is 24.3 Å². The molecule has 0 atom stereocenters. The van der Waals surface area contributed by atoms with Crippen LogP contribution in [0.3, 0.4) is 0 Å². The second-order valence-electron chi connectivity index (χ2n) is 6.60. The maximum absolute atomic E-state index is 12.8. The van der Waals surface area contributed by atoms with Crippen molar-refractivity contribution < 1.29 is 14.3 Å². The third-order valence-electron chi connectivity index (χ3n) is 4.52. The van der Waals surface area contributed by atoms with Gasteiger partial charge in [0, 0.05) is 34.5 Å². The molecule has 7 nitrogen and oxygen atoms in total. The van der Waals surface area contributed by atoms with Crippen LogP contribution in [0.4, 0.5) is 17.3 Å². The van der Waals surface area contributed by atoms with E-state index in [1.165, 1.54) is 0 Å². The fourth-order valence-electron chi connectivity index (χ4n) is 2.97. The van der Waals surface area contributed by atoms with Crippen molar-refractivity contribution in [2.75, 3.05) is 24.9 Å². The molecular weight excluding hydrogens is 416 g/mol. The van der Waals surface area contributed by atoms with Crippen molar-refractivity contribution in [1.82, 2.24) is 9.97 Å². The Bertz CT molecular complexity index is 1220. The lowest BCUT2D eigenvalue weighted by Crippen LogP contribution is -2.15. The molecule has 0 spiro atoms. The first kappa shape index (κ1) is 20.4. The van der Waals surface area contributed by atoms with Gasteiger partial charge in [-0.05, 0) is 36.4 Å². The first-order chi connectivity index (χ1) is 15.1. The second kappa shape index (κ2) is 8.89. The number of benzene rings is 3. The number of nitrogens with zero attached hydrogens (tertiary/aromatic N) is 2. The van der Waals surface area contributed by atoms with Gasteiger partial charge in [-0.3, -0.25) is 4.79 Å². The Hall–Kier alpha value is -3.84. The number of hydrogen-bond acceptors (Lipinski definition) is 6. The summed E-state index contributed by atoms with van der Waals surface area (Å²) in [6.45, 7) is 0. The van der Waals surface area contributed by atoms with Crippen molar-refractivity contribution in [3.63, 3.8) is 0 Å². The number of halogens is 1. The summed E-state index contributed by atoms with van der Waals surface area (Å²) in [6.07, 6.45) is 0. The van der Waals surface area contributed by atoms with E-state index in [-0.39, 0.29) is 5.91 Å². The molecule has 4 aromatic rings. The molecule has 31 heavy (non-hydrogen) atoms. The number of para-hydroxylation sites is 2. The molecule has 0 saturated carbocycles. The van der Waals surface area contributed by atoms with E-state index in [4.69, 9.17) is 21.1 Å². The van der Waals surface area contributed by atoms with Crippen LogP contribution < -0.4 is 20.1 Å². The molecule has 0 aliphatic carbocycles. The van der Waals surface area contributed by atoms with Crippen LogP contribution in [0.5, 0.6) is 11.5 Å². The van der Waals surface area contributed by atoms with Crippen molar-refractivity contribution in [1.29, 1.82) is 0 Å². The van der Waals surface area contributed by atoms with E-state index in [2.05, 4.69) is 20.6 Å². The van der Waals surface area contributed by atoms with Crippen LogP contribution >= 0.6 is 11.6 Å². The first-order valence-corrected chi connectivity index (χ1v) is 9.77. The van der Waals surface area contributed by atoms with Crippen LogP contribution in [0.15, 0.2) is 66.7 Å². The third kappa shape index (κ3) is 4.67. The largest absolute Gasteiger partial charge is 0.497 e. The molecule has 0 radical (unpaired) electrons. The summed E-state index contributed by atoms with van der Waals surface area (Å²) in [5.74, 6) is 1.58. The monoisotopic (exact) mass is 434 g/mol. The van der Waals surface area contributed by atoms with Gasteiger partial charge in [0.05, 0.1) is 25.3 Å². The van der Waals surface area contributed by atoms with Gasteiger partial charge in [0.15, 0.2) is 11.6 Å². The fourth-order valence-corrected chi connectivity index (χ4v) is 3.10. The van der Waals surface area contributed by atoms with Crippen molar-refractivity contribution in [2.45, 2.75) is 0 Å². The van der Waals surface area contributed by atoms with E-state index in [0.29, 0.717) is 50.4 Å². The van der Waals surface area contributed by atoms with Crippen LogP contribution in [0.1, 0.15) is 10.4 Å². The molecule has 0 aliphatic rings. The molecule has 3 aromatic carbocycles. The zero-order chi connectivity index (χ0) is 21.8. The SMILES string of the molecule is COc1cc(Nc2nc3ccccc3nc2NC(=O)c2ccc(Cl)cc2)cc(OC)c1. The van der Waals surface area contributed by atoms with Gasteiger partial charge < -0.3 is 20.1 Å². The Labute approximate surface area is 184 Å². The summed E-state index contributed by atoms with van der Waals surface area (Å²) in [4.78, 5) is 22.0. The summed E-state index contributed by atoms with van der Waals surface area (Å²) >= 11 is 5.92. The molecule has 4 rings (SSSR count). The van der Waals surface area contributed by atoms with E-state index in [9.17, 15) is 4.79 Å². The average molecular weight is 435 g/mol. The highest BCUT2D eigenvalue weighted by atomic mass is 35.5. The number of methoxy groups -OCH3 is 2. The van der Waals surface area contributed by atoms with Gasteiger partial charge in [-0.1, -0.05) is 23.7 Å². The Morgan fingerprint density at radius 2 is 1.42 bits per heavy atom. The predicted molar refractivity (Wildman–Crippen MR) is 122 cm³/mol. The summed E-state index contributed by atoms with van der Waals surface area (Å²) in [6, 6.07) is 19.4. The molecule has 2 N–H and O–H groups in total. The lowest BCUT2D eigenvalue weighted by Gasteiger charge is -2.14. The molecule has 1 heterocycles. The molecule has 8 heteroatoms. The van der Waals surface area contributed by atoms with Crippen LogP contribution in [0, 0.1) is 0 Å². The molecule has 0 unspecified atom stereocenters. The predicted octanol–water partition coefficient (Wildman–Crippen LogP) is 5.30. The smallest absolute Gasteiger partial charge is 0.256 e. The van der Waals surface area contributed by atoms with Crippen molar-refractivity contribution in [2.24, 2.45) is 0 Å². The zero-order valence-electron chi connectivity index (χ0n) is 16.8. The van der Waals surface area contributed by atoms with Gasteiger partial charge in [-0.2, -0.15) is 0 Å². The standard InChI is InChI=1S/C23H19ClN4O3/c1-30-17-11-16(12-18(13-17)31-2)25-21-22(27-20-6-4-3-5-19(20)26-21)28-23(29)14-7-9-15(24)10-8-14/h3-13H,1-2H3,(H,25,26)(H,27,28,29). The highest BCUT2D eigenvalue weighted by Crippen LogP contribution is 2.30. The number of carbonyl (C=O) groups is 1. The lowest BCUT2D eigenvalue weighted by molar-refractivity contribution is 0.102. The maximum Gasteiger partial charge on any atom is 0.256 e. The van der Waals surface area contributed by atoms with Gasteiger partial charge in [0.1, 0.15) is 11.5 Å². The van der Waals surface area contributed by atoms with E-state index < -0.39 is 0 Å². The zero-order valence-corrected chi connectivity index (χ0v) is 17.6. The number of hydrogen-bond donors (Lipinski definition) is 2. The summed E-state index contributed by atoms with van der Waals surface area (Å²) in [7, 11) is 3.15. The van der Waals surface area contributed by atoms with Gasteiger partial charge in [0.2, 0.25) is 0 Å². The Balaban J connectivity index is 1.73. The fraction of sp³-hybridized carbons (Fsp3) is 0.0870. The van der Waals surface area contributed by atoms with E-state index in [1.54, 1.807) is 56.7 Å². The summed E-state index contributed by atoms with van der Waals surface area (Å²) in [5, 5.41) is 6.60. The van der Waals surface area contributed by atoms with Crippen molar-refractivity contribution >= 4 is 45.9 Å². The molecule has 1 aromatic heterocycles. The molecule has 1 amide bonds. The number of aromatic nitrogens is 2. The van der Waals surface area contributed by atoms with Crippen LogP contribution in [0.25, 0.3) is 11.0 Å². The topological polar surface area (TPSA) is 85.4 Å². The summed E-state index contributed by atoms with van der Waals surface area (Å²) < 4.78 is 10.7. The molecule has 156 valence electrons. The Kier molecular flexibility index (Phi) is 5.86. The van der Waals surface area contributed by atoms with Gasteiger partial charge in [-0.25, -0.2) is 9.97 Å². The lowest BCUT2D eigenvalue weighted by atomic mass is 10.2.